The molecule has 146 valence electrons. The van der Waals surface area contributed by atoms with Gasteiger partial charge in [0.15, 0.2) is 9.84 Å². The Hall–Kier alpha value is -1.71. The molecule has 0 amide bonds. The number of ether oxygens (including phenoxy) is 1. The lowest BCUT2D eigenvalue weighted by Gasteiger charge is -2.45. The lowest BCUT2D eigenvalue weighted by atomic mass is 10.00. The van der Waals surface area contributed by atoms with E-state index in [2.05, 4.69) is 24.1 Å². The van der Waals surface area contributed by atoms with Gasteiger partial charge in [-0.2, -0.15) is 0 Å². The van der Waals surface area contributed by atoms with Crippen LogP contribution >= 0.6 is 0 Å². The normalized spacial score (nSPS) is 22.2. The molecule has 0 aromatic heterocycles. The number of hydrogen-bond donors (Lipinski definition) is 1. The van der Waals surface area contributed by atoms with E-state index < -0.39 is 20.4 Å². The Kier molecular flexibility index (Phi) is 5.94. The molecule has 0 aliphatic carbocycles. The van der Waals surface area contributed by atoms with Crippen molar-refractivity contribution in [2.45, 2.75) is 50.3 Å². The molecular weight excluding hydrogens is 358 g/mol. The molecule has 0 radical (unpaired) electrons. The average molecular weight is 385 g/mol. The molecule has 2 rings (SSSR count). The van der Waals surface area contributed by atoms with Crippen LogP contribution in [0.2, 0.25) is 0 Å². The van der Waals surface area contributed by atoms with Gasteiger partial charge in [0, 0.05) is 31.4 Å². The second-order valence-corrected chi connectivity index (χ2v) is 9.49. The van der Waals surface area contributed by atoms with Crippen LogP contribution in [0.15, 0.2) is 23.1 Å². The number of anilines is 1. The van der Waals surface area contributed by atoms with Gasteiger partial charge in [0.25, 0.3) is 0 Å². The molecule has 0 saturated carbocycles. The van der Waals surface area contributed by atoms with Crippen LogP contribution in [0.5, 0.6) is 0 Å². The van der Waals surface area contributed by atoms with Crippen LogP contribution in [0.3, 0.4) is 0 Å². The van der Waals surface area contributed by atoms with Crippen LogP contribution in [-0.4, -0.2) is 61.9 Å². The fraction of sp³-hybridized carbons (Fsp3) is 0.647. The van der Waals surface area contributed by atoms with Crippen molar-refractivity contribution in [1.82, 2.24) is 4.90 Å². The van der Waals surface area contributed by atoms with E-state index in [1.54, 1.807) is 0 Å². The summed E-state index contributed by atoms with van der Waals surface area (Å²) >= 11 is 0. The number of benzene rings is 1. The Morgan fingerprint density at radius 1 is 1.31 bits per heavy atom. The quantitative estimate of drug-likeness (QED) is 0.592. The largest absolute Gasteiger partial charge is 0.378 e. The Morgan fingerprint density at radius 3 is 2.38 bits per heavy atom. The summed E-state index contributed by atoms with van der Waals surface area (Å²) in [4.78, 5) is 12.8. The van der Waals surface area contributed by atoms with Gasteiger partial charge in [0.1, 0.15) is 10.6 Å². The molecule has 1 saturated heterocycles. The minimum Gasteiger partial charge on any atom is -0.378 e. The predicted molar refractivity (Wildman–Crippen MR) is 100 cm³/mol. The first-order valence-corrected chi connectivity index (χ1v) is 10.4. The SMILES string of the molecule is CC1CN(C(C)(C)CNc2cccc(S(C)(=O)=O)c2[N+](=O)[O-])CC(C)O1. The lowest BCUT2D eigenvalue weighted by molar-refractivity contribution is -0.386. The van der Waals surface area contributed by atoms with Gasteiger partial charge in [-0.3, -0.25) is 15.0 Å². The number of sulfone groups is 1. The fourth-order valence-electron chi connectivity index (χ4n) is 3.25. The zero-order valence-electron chi connectivity index (χ0n) is 15.9. The minimum atomic E-state index is -3.70. The van der Waals surface area contributed by atoms with Crippen molar-refractivity contribution in [1.29, 1.82) is 0 Å². The third kappa shape index (κ3) is 4.72. The Balaban J connectivity index is 2.25. The molecule has 2 unspecified atom stereocenters. The van der Waals surface area contributed by atoms with E-state index >= 15 is 0 Å². The van der Waals surface area contributed by atoms with Gasteiger partial charge in [-0.25, -0.2) is 8.42 Å². The molecule has 0 bridgehead atoms. The molecule has 0 spiro atoms. The Bertz CT molecular complexity index is 769. The van der Waals surface area contributed by atoms with Crippen LogP contribution in [0, 0.1) is 10.1 Å². The first-order chi connectivity index (χ1) is 11.9. The van der Waals surface area contributed by atoms with Crippen molar-refractivity contribution in [2.24, 2.45) is 0 Å². The van der Waals surface area contributed by atoms with Crippen molar-refractivity contribution in [3.8, 4) is 0 Å². The molecule has 2 atom stereocenters. The summed E-state index contributed by atoms with van der Waals surface area (Å²) in [6, 6.07) is 4.31. The van der Waals surface area contributed by atoms with Crippen molar-refractivity contribution in [3.63, 3.8) is 0 Å². The molecule has 1 aliphatic rings. The first kappa shape index (κ1) is 20.6. The number of nitrogens with zero attached hydrogens (tertiary/aromatic N) is 2. The van der Waals surface area contributed by atoms with Gasteiger partial charge in [0.2, 0.25) is 0 Å². The minimum absolute atomic E-state index is 0.112. The highest BCUT2D eigenvalue weighted by molar-refractivity contribution is 7.90. The molecule has 1 fully saturated rings. The van der Waals surface area contributed by atoms with Crippen molar-refractivity contribution < 1.29 is 18.1 Å². The predicted octanol–water partition coefficient (Wildman–Crippen LogP) is 2.30. The van der Waals surface area contributed by atoms with Gasteiger partial charge in [-0.05, 0) is 39.8 Å². The third-order valence-corrected chi connectivity index (χ3v) is 5.70. The fourth-order valence-corrected chi connectivity index (χ4v) is 4.11. The summed E-state index contributed by atoms with van der Waals surface area (Å²) in [5.74, 6) is 0. The maximum absolute atomic E-state index is 11.9. The topological polar surface area (TPSA) is 102 Å². The van der Waals surface area contributed by atoms with E-state index in [-0.39, 0.29) is 28.3 Å². The van der Waals surface area contributed by atoms with Crippen LogP contribution in [0.1, 0.15) is 27.7 Å². The Morgan fingerprint density at radius 2 is 1.88 bits per heavy atom. The van der Waals surface area contributed by atoms with E-state index in [9.17, 15) is 18.5 Å². The molecule has 1 N–H and O–H groups in total. The zero-order valence-corrected chi connectivity index (χ0v) is 16.7. The number of para-hydroxylation sites is 1. The summed E-state index contributed by atoms with van der Waals surface area (Å²) in [5.41, 5.74) is -0.490. The third-order valence-electron chi connectivity index (χ3n) is 4.57. The van der Waals surface area contributed by atoms with Gasteiger partial charge >= 0.3 is 5.69 Å². The van der Waals surface area contributed by atoms with Crippen LogP contribution in [0.25, 0.3) is 0 Å². The highest BCUT2D eigenvalue weighted by atomic mass is 32.2. The first-order valence-electron chi connectivity index (χ1n) is 8.53. The Labute approximate surface area is 154 Å². The number of nitrogens with one attached hydrogen (secondary N) is 1. The molecule has 1 aromatic carbocycles. The average Bonchev–Trinajstić information content (AvgIpc) is 2.50. The van der Waals surface area contributed by atoms with Crippen LogP contribution in [0.4, 0.5) is 11.4 Å². The molecular formula is C17H27N3O5S. The maximum Gasteiger partial charge on any atom is 0.310 e. The smallest absolute Gasteiger partial charge is 0.310 e. The second-order valence-electron chi connectivity index (χ2n) is 7.51. The summed E-state index contributed by atoms with van der Waals surface area (Å²) in [5, 5.41) is 14.6. The molecule has 1 aliphatic heterocycles. The summed E-state index contributed by atoms with van der Waals surface area (Å²) < 4.78 is 29.5. The second kappa shape index (κ2) is 7.50. The van der Waals surface area contributed by atoms with Gasteiger partial charge < -0.3 is 10.1 Å². The van der Waals surface area contributed by atoms with Crippen LogP contribution in [-0.2, 0) is 14.6 Å². The number of hydrogen-bond acceptors (Lipinski definition) is 7. The number of morpholine rings is 1. The van der Waals surface area contributed by atoms with Gasteiger partial charge in [-0.15, -0.1) is 0 Å². The van der Waals surface area contributed by atoms with E-state index in [1.165, 1.54) is 18.2 Å². The highest BCUT2D eigenvalue weighted by Crippen LogP contribution is 2.32. The standard InChI is InChI=1S/C17H27N3O5S/c1-12-9-19(10-13(2)25-12)17(3,4)11-18-14-7-6-8-15(26(5,23)24)16(14)20(21)22/h6-8,12-13,18H,9-11H2,1-5H3. The van der Waals surface area contributed by atoms with Crippen molar-refractivity contribution in [3.05, 3.63) is 28.3 Å². The van der Waals surface area contributed by atoms with Crippen molar-refractivity contribution >= 4 is 21.2 Å². The lowest BCUT2D eigenvalue weighted by Crippen LogP contribution is -2.57. The molecule has 26 heavy (non-hydrogen) atoms. The van der Waals surface area contributed by atoms with E-state index in [0.29, 0.717) is 6.54 Å². The van der Waals surface area contributed by atoms with Gasteiger partial charge in [0.05, 0.1) is 17.1 Å². The molecule has 8 nitrogen and oxygen atoms in total. The molecule has 9 heteroatoms. The number of rotatable bonds is 6. The number of nitro benzene ring substituents is 1. The van der Waals surface area contributed by atoms with Crippen LogP contribution < -0.4 is 5.32 Å². The summed E-state index contributed by atoms with van der Waals surface area (Å²) in [6.07, 6.45) is 1.20. The van der Waals surface area contributed by atoms with E-state index in [0.717, 1.165) is 19.3 Å². The van der Waals surface area contributed by atoms with Crippen molar-refractivity contribution in [2.75, 3.05) is 31.2 Å². The zero-order chi connectivity index (χ0) is 19.7. The monoisotopic (exact) mass is 385 g/mol. The van der Waals surface area contributed by atoms with Gasteiger partial charge in [-0.1, -0.05) is 6.07 Å². The van der Waals surface area contributed by atoms with E-state index in [1.807, 2.05) is 13.8 Å². The highest BCUT2D eigenvalue weighted by Gasteiger charge is 2.34. The number of nitro groups is 1. The summed E-state index contributed by atoms with van der Waals surface area (Å²) in [7, 11) is -3.70. The van der Waals surface area contributed by atoms with E-state index in [4.69, 9.17) is 4.74 Å². The maximum atomic E-state index is 11.9. The summed E-state index contributed by atoms with van der Waals surface area (Å²) in [6.45, 7) is 10.1. The molecule has 1 heterocycles. The molecule has 1 aromatic rings.